The molecular formula is C26H33FN4O6. The van der Waals surface area contributed by atoms with Crippen LogP contribution >= 0.6 is 0 Å². The Hall–Kier alpha value is -4.02. The summed E-state index contributed by atoms with van der Waals surface area (Å²) in [6.45, 7) is 9.86. The first-order chi connectivity index (χ1) is 17.2. The van der Waals surface area contributed by atoms with Gasteiger partial charge in [-0.1, -0.05) is 30.3 Å². The quantitative estimate of drug-likeness (QED) is 0.380. The van der Waals surface area contributed by atoms with Gasteiger partial charge in [0.15, 0.2) is 0 Å². The van der Waals surface area contributed by atoms with Gasteiger partial charge in [-0.3, -0.25) is 19.7 Å². The molecule has 0 bridgehead atoms. The van der Waals surface area contributed by atoms with E-state index in [1.807, 2.05) is 0 Å². The fraction of sp³-hybridized carbons (Fsp3) is 0.423. The van der Waals surface area contributed by atoms with E-state index in [-0.39, 0.29) is 12.6 Å². The van der Waals surface area contributed by atoms with Crippen LogP contribution in [0.25, 0.3) is 0 Å². The third-order valence-electron chi connectivity index (χ3n) is 5.10. The van der Waals surface area contributed by atoms with Gasteiger partial charge >= 0.3 is 6.09 Å². The third-order valence-corrected chi connectivity index (χ3v) is 5.10. The molecule has 10 nitrogen and oxygen atoms in total. The Morgan fingerprint density at radius 1 is 1.05 bits per heavy atom. The number of ether oxygens (including phenoxy) is 1. The first-order valence-corrected chi connectivity index (χ1v) is 11.8. The molecule has 0 aromatic heterocycles. The molecule has 0 fully saturated rings. The first-order valence-electron chi connectivity index (χ1n) is 11.8. The van der Waals surface area contributed by atoms with Gasteiger partial charge in [-0.15, -0.1) is 0 Å². The lowest BCUT2D eigenvalue weighted by atomic mass is 10.0. The molecule has 3 amide bonds. The van der Waals surface area contributed by atoms with E-state index < -0.39 is 57.6 Å². The minimum atomic E-state index is -1.32. The number of hydrogen-bond donors (Lipinski definition) is 2. The number of benzene rings is 2. The number of nitro benzene ring substituents is 1. The van der Waals surface area contributed by atoms with Crippen LogP contribution in [-0.2, 0) is 16.1 Å². The van der Waals surface area contributed by atoms with Gasteiger partial charge in [0, 0.05) is 24.7 Å². The highest BCUT2D eigenvalue weighted by Gasteiger charge is 2.38. The maximum absolute atomic E-state index is 14.8. The zero-order valence-corrected chi connectivity index (χ0v) is 21.8. The summed E-state index contributed by atoms with van der Waals surface area (Å²) in [6, 6.07) is 8.66. The molecule has 11 heteroatoms. The molecular weight excluding hydrogens is 483 g/mol. The molecule has 2 rings (SSSR count). The van der Waals surface area contributed by atoms with Crippen LogP contribution in [0.5, 0.6) is 0 Å². The van der Waals surface area contributed by atoms with Crippen molar-refractivity contribution in [2.24, 2.45) is 0 Å². The molecule has 37 heavy (non-hydrogen) atoms. The van der Waals surface area contributed by atoms with Crippen molar-refractivity contribution in [2.75, 3.05) is 0 Å². The number of nitrogens with zero attached hydrogens (tertiary/aromatic N) is 2. The molecule has 0 saturated carbocycles. The van der Waals surface area contributed by atoms with Gasteiger partial charge in [0.05, 0.1) is 16.5 Å². The van der Waals surface area contributed by atoms with Gasteiger partial charge in [-0.05, 0) is 53.2 Å². The lowest BCUT2D eigenvalue weighted by Crippen LogP contribution is -2.60. The molecule has 0 aliphatic heterocycles. The molecule has 200 valence electrons. The fourth-order valence-corrected chi connectivity index (χ4v) is 3.60. The average molecular weight is 517 g/mol. The van der Waals surface area contributed by atoms with Crippen LogP contribution < -0.4 is 10.6 Å². The van der Waals surface area contributed by atoms with Crippen molar-refractivity contribution in [2.45, 2.75) is 71.8 Å². The summed E-state index contributed by atoms with van der Waals surface area (Å²) in [6.07, 6.45) is -0.809. The van der Waals surface area contributed by atoms with Gasteiger partial charge < -0.3 is 20.3 Å². The smallest absolute Gasteiger partial charge is 0.407 e. The molecule has 2 N–H and O–H groups in total. The predicted molar refractivity (Wildman–Crippen MR) is 135 cm³/mol. The largest absolute Gasteiger partial charge is 0.444 e. The lowest BCUT2D eigenvalue weighted by molar-refractivity contribution is -0.384. The number of rotatable bonds is 9. The van der Waals surface area contributed by atoms with Crippen LogP contribution in [0.1, 0.15) is 57.5 Å². The number of halogens is 1. The van der Waals surface area contributed by atoms with Crippen molar-refractivity contribution < 1.29 is 28.4 Å². The Labute approximate surface area is 215 Å². The summed E-state index contributed by atoms with van der Waals surface area (Å²) in [7, 11) is 0. The molecule has 0 aliphatic carbocycles. The lowest BCUT2D eigenvalue weighted by Gasteiger charge is -2.36. The molecule has 2 unspecified atom stereocenters. The van der Waals surface area contributed by atoms with Crippen LogP contribution in [0.4, 0.5) is 14.9 Å². The molecule has 2 aromatic carbocycles. The summed E-state index contributed by atoms with van der Waals surface area (Å²) in [5.41, 5.74) is -1.25. The van der Waals surface area contributed by atoms with E-state index in [1.54, 1.807) is 65.0 Å². The number of alkyl carbamates (subject to hydrolysis) is 1. The average Bonchev–Trinajstić information content (AvgIpc) is 2.77. The Balaban J connectivity index is 2.59. The minimum absolute atomic E-state index is 0.141. The van der Waals surface area contributed by atoms with E-state index in [2.05, 4.69) is 10.6 Å². The number of non-ortho nitro benzene ring substituents is 1. The summed E-state index contributed by atoms with van der Waals surface area (Å²) < 4.78 is 20.1. The molecule has 2 aromatic rings. The second-order valence-electron chi connectivity index (χ2n) is 9.88. The monoisotopic (exact) mass is 516 g/mol. The highest BCUT2D eigenvalue weighted by Crippen LogP contribution is 2.22. The topological polar surface area (TPSA) is 131 Å². The van der Waals surface area contributed by atoms with Crippen LogP contribution in [-0.4, -0.2) is 51.5 Å². The van der Waals surface area contributed by atoms with Crippen molar-refractivity contribution >= 4 is 23.6 Å². The number of carbonyl (C=O) groups is 3. The second kappa shape index (κ2) is 12.3. The molecule has 2 atom stereocenters. The normalized spacial score (nSPS) is 12.9. The van der Waals surface area contributed by atoms with Crippen molar-refractivity contribution in [1.29, 1.82) is 0 Å². The van der Waals surface area contributed by atoms with E-state index in [4.69, 9.17) is 4.74 Å². The van der Waals surface area contributed by atoms with Gasteiger partial charge in [0.2, 0.25) is 5.91 Å². The van der Waals surface area contributed by atoms with Gasteiger partial charge in [0.25, 0.3) is 11.6 Å². The Morgan fingerprint density at radius 3 is 2.22 bits per heavy atom. The summed E-state index contributed by atoms with van der Waals surface area (Å²) in [4.78, 5) is 51.3. The number of hydrogen-bond acceptors (Lipinski definition) is 6. The Kier molecular flexibility index (Phi) is 9.70. The maximum Gasteiger partial charge on any atom is 0.407 e. The van der Waals surface area contributed by atoms with E-state index in [0.29, 0.717) is 5.56 Å². The number of nitrogens with one attached hydrogen (secondary N) is 2. The number of carbonyl (C=O) groups excluding carboxylic acids is 3. The number of amides is 3. The number of nitro groups is 1. The highest BCUT2D eigenvalue weighted by atomic mass is 19.1. The van der Waals surface area contributed by atoms with Gasteiger partial charge in [-0.25, -0.2) is 9.18 Å². The highest BCUT2D eigenvalue weighted by molar-refractivity contribution is 5.98. The van der Waals surface area contributed by atoms with Gasteiger partial charge in [-0.2, -0.15) is 0 Å². The van der Waals surface area contributed by atoms with Crippen molar-refractivity contribution in [3.8, 4) is 0 Å². The van der Waals surface area contributed by atoms with Crippen molar-refractivity contribution in [1.82, 2.24) is 15.5 Å². The summed E-state index contributed by atoms with van der Waals surface area (Å²) >= 11 is 0. The third kappa shape index (κ3) is 8.55. The van der Waals surface area contributed by atoms with Crippen molar-refractivity contribution in [3.05, 3.63) is 75.6 Å². The van der Waals surface area contributed by atoms with Gasteiger partial charge in [0.1, 0.15) is 17.5 Å². The molecule has 0 radical (unpaired) electrons. The first kappa shape index (κ1) is 29.2. The van der Waals surface area contributed by atoms with E-state index in [1.165, 1.54) is 6.92 Å². The predicted octanol–water partition coefficient (Wildman–Crippen LogP) is 4.18. The standard InChI is InChI=1S/C26H33FN4O6/c1-16(2)28-23(32)22(17(3)29-25(34)37-26(4,5)6)30(15-18-10-8-7-9-11-18)24(33)20-14-19(31(35)36)12-13-21(20)27/h7-14,16-17,22H,15H2,1-6H3,(H,28,32)(H,29,34). The van der Waals surface area contributed by atoms with Crippen LogP contribution in [0, 0.1) is 15.9 Å². The fourth-order valence-electron chi connectivity index (χ4n) is 3.60. The van der Waals surface area contributed by atoms with Crippen LogP contribution in [0.15, 0.2) is 48.5 Å². The minimum Gasteiger partial charge on any atom is -0.444 e. The zero-order valence-electron chi connectivity index (χ0n) is 21.8. The van der Waals surface area contributed by atoms with E-state index in [0.717, 1.165) is 23.1 Å². The molecule has 0 spiro atoms. The molecule has 0 saturated heterocycles. The summed E-state index contributed by atoms with van der Waals surface area (Å²) in [5.74, 6) is -2.54. The zero-order chi connectivity index (χ0) is 27.9. The van der Waals surface area contributed by atoms with Crippen LogP contribution in [0.3, 0.4) is 0 Å². The molecule has 0 aliphatic rings. The maximum atomic E-state index is 14.8. The Morgan fingerprint density at radius 2 is 1.68 bits per heavy atom. The van der Waals surface area contributed by atoms with Crippen molar-refractivity contribution in [3.63, 3.8) is 0 Å². The van der Waals surface area contributed by atoms with E-state index >= 15 is 0 Å². The van der Waals surface area contributed by atoms with E-state index in [9.17, 15) is 28.9 Å². The van der Waals surface area contributed by atoms with Crippen LogP contribution in [0.2, 0.25) is 0 Å². The SMILES string of the molecule is CC(C)NC(=O)C(C(C)NC(=O)OC(C)(C)C)N(Cc1ccccc1)C(=O)c1cc([N+](=O)[O-])ccc1F. The molecule has 0 heterocycles. The summed E-state index contributed by atoms with van der Waals surface area (Å²) in [5, 5.41) is 16.6. The Bertz CT molecular complexity index is 1130. The second-order valence-corrected chi connectivity index (χ2v) is 9.88.